The third-order valence-electron chi connectivity index (χ3n) is 3.02. The van der Waals surface area contributed by atoms with Crippen LogP contribution >= 0.6 is 11.8 Å². The molecule has 1 rings (SSSR count). The van der Waals surface area contributed by atoms with Gasteiger partial charge in [0.25, 0.3) is 0 Å². The topological polar surface area (TPSA) is 21.3 Å². The molecule has 14 heavy (non-hydrogen) atoms. The third-order valence-corrected chi connectivity index (χ3v) is 4.42. The molecule has 3 atom stereocenters. The van der Waals surface area contributed by atoms with E-state index in [-0.39, 0.29) is 0 Å². The first-order valence-electron chi connectivity index (χ1n) is 5.62. The van der Waals surface area contributed by atoms with Crippen molar-refractivity contribution in [2.45, 2.75) is 50.5 Å². The lowest BCUT2D eigenvalue weighted by molar-refractivity contribution is 0.0888. The number of hydrogen-bond donors (Lipinski definition) is 1. The molecule has 0 aliphatic carbocycles. The zero-order valence-corrected chi connectivity index (χ0v) is 10.4. The number of thioether (sulfide) groups is 1. The van der Waals surface area contributed by atoms with Crippen LogP contribution in [-0.2, 0) is 4.74 Å². The fourth-order valence-corrected chi connectivity index (χ4v) is 2.91. The molecule has 0 spiro atoms. The molecular formula is C11H23NOS. The van der Waals surface area contributed by atoms with E-state index >= 15 is 0 Å². The Morgan fingerprint density at radius 1 is 1.43 bits per heavy atom. The molecule has 0 saturated carbocycles. The summed E-state index contributed by atoms with van der Waals surface area (Å²) >= 11 is 2.12. The Balaban J connectivity index is 2.12. The van der Waals surface area contributed by atoms with E-state index in [2.05, 4.69) is 30.9 Å². The SMILES string of the molecule is COC(C)C(C)NCC1CCCCS1. The summed E-state index contributed by atoms with van der Waals surface area (Å²) in [5, 5.41) is 4.39. The molecule has 3 heteroatoms. The number of ether oxygens (including phenoxy) is 1. The second-order valence-corrected chi connectivity index (χ2v) is 5.53. The number of methoxy groups -OCH3 is 1. The highest BCUT2D eigenvalue weighted by molar-refractivity contribution is 7.99. The van der Waals surface area contributed by atoms with Gasteiger partial charge in [0.1, 0.15) is 0 Å². The van der Waals surface area contributed by atoms with E-state index in [1.165, 1.54) is 25.0 Å². The van der Waals surface area contributed by atoms with Gasteiger partial charge in [-0.05, 0) is 32.4 Å². The smallest absolute Gasteiger partial charge is 0.0693 e. The molecule has 1 aliphatic rings. The molecule has 0 aromatic carbocycles. The Kier molecular flexibility index (Phi) is 5.90. The Morgan fingerprint density at radius 2 is 2.21 bits per heavy atom. The molecule has 1 heterocycles. The van der Waals surface area contributed by atoms with Crippen molar-refractivity contribution in [1.29, 1.82) is 0 Å². The minimum absolute atomic E-state index is 0.309. The Labute approximate surface area is 92.2 Å². The zero-order chi connectivity index (χ0) is 10.4. The van der Waals surface area contributed by atoms with Gasteiger partial charge < -0.3 is 10.1 Å². The maximum Gasteiger partial charge on any atom is 0.0693 e. The van der Waals surface area contributed by atoms with Gasteiger partial charge in [0.05, 0.1) is 6.10 Å². The van der Waals surface area contributed by atoms with Crippen LogP contribution in [0.5, 0.6) is 0 Å². The molecule has 1 fully saturated rings. The molecule has 1 saturated heterocycles. The van der Waals surface area contributed by atoms with Crippen LogP contribution in [0.15, 0.2) is 0 Å². The Morgan fingerprint density at radius 3 is 2.79 bits per heavy atom. The van der Waals surface area contributed by atoms with Crippen LogP contribution in [0.1, 0.15) is 33.1 Å². The van der Waals surface area contributed by atoms with Crippen molar-refractivity contribution >= 4 is 11.8 Å². The van der Waals surface area contributed by atoms with Gasteiger partial charge in [0.2, 0.25) is 0 Å². The van der Waals surface area contributed by atoms with Gasteiger partial charge in [-0.25, -0.2) is 0 Å². The van der Waals surface area contributed by atoms with Crippen molar-refractivity contribution in [3.8, 4) is 0 Å². The highest BCUT2D eigenvalue weighted by Gasteiger charge is 2.16. The van der Waals surface area contributed by atoms with Crippen molar-refractivity contribution in [2.75, 3.05) is 19.4 Å². The van der Waals surface area contributed by atoms with Crippen LogP contribution < -0.4 is 5.32 Å². The fourth-order valence-electron chi connectivity index (χ4n) is 1.66. The van der Waals surface area contributed by atoms with Crippen LogP contribution in [0.4, 0.5) is 0 Å². The third kappa shape index (κ3) is 4.20. The van der Waals surface area contributed by atoms with E-state index in [1.807, 2.05) is 0 Å². The summed E-state index contributed by atoms with van der Waals surface area (Å²) in [4.78, 5) is 0. The largest absolute Gasteiger partial charge is 0.380 e. The van der Waals surface area contributed by atoms with Crippen molar-refractivity contribution in [2.24, 2.45) is 0 Å². The van der Waals surface area contributed by atoms with Gasteiger partial charge in [-0.3, -0.25) is 0 Å². The molecule has 0 aromatic heterocycles. The zero-order valence-electron chi connectivity index (χ0n) is 9.58. The molecule has 0 radical (unpaired) electrons. The lowest BCUT2D eigenvalue weighted by Gasteiger charge is -2.25. The highest BCUT2D eigenvalue weighted by atomic mass is 32.2. The lowest BCUT2D eigenvalue weighted by atomic mass is 10.1. The van der Waals surface area contributed by atoms with Crippen molar-refractivity contribution in [3.63, 3.8) is 0 Å². The van der Waals surface area contributed by atoms with Crippen molar-refractivity contribution in [3.05, 3.63) is 0 Å². The fraction of sp³-hybridized carbons (Fsp3) is 1.00. The van der Waals surface area contributed by atoms with Crippen molar-refractivity contribution < 1.29 is 4.74 Å². The monoisotopic (exact) mass is 217 g/mol. The van der Waals surface area contributed by atoms with Crippen LogP contribution in [0.2, 0.25) is 0 Å². The molecule has 0 amide bonds. The molecule has 1 aliphatic heterocycles. The first-order chi connectivity index (χ1) is 6.74. The second kappa shape index (κ2) is 6.70. The normalized spacial score (nSPS) is 27.2. The van der Waals surface area contributed by atoms with Gasteiger partial charge in [0, 0.05) is 24.9 Å². The number of hydrogen-bond acceptors (Lipinski definition) is 3. The van der Waals surface area contributed by atoms with E-state index in [1.54, 1.807) is 7.11 Å². The molecule has 2 nitrogen and oxygen atoms in total. The first kappa shape index (κ1) is 12.3. The minimum atomic E-state index is 0.309. The van der Waals surface area contributed by atoms with E-state index < -0.39 is 0 Å². The summed E-state index contributed by atoms with van der Waals surface area (Å²) in [7, 11) is 1.78. The van der Waals surface area contributed by atoms with Gasteiger partial charge in [0.15, 0.2) is 0 Å². The summed E-state index contributed by atoms with van der Waals surface area (Å²) in [5.41, 5.74) is 0. The van der Waals surface area contributed by atoms with Crippen LogP contribution in [0, 0.1) is 0 Å². The maximum absolute atomic E-state index is 5.28. The average Bonchev–Trinajstić information content (AvgIpc) is 2.26. The first-order valence-corrected chi connectivity index (χ1v) is 6.66. The van der Waals surface area contributed by atoms with E-state index in [0.717, 1.165) is 11.8 Å². The molecule has 3 unspecified atom stereocenters. The average molecular weight is 217 g/mol. The standard InChI is InChI=1S/C11H23NOS/c1-9(10(2)13-3)12-8-11-6-4-5-7-14-11/h9-12H,4-8H2,1-3H3. The predicted molar refractivity (Wildman–Crippen MR) is 64.0 cm³/mol. The van der Waals surface area contributed by atoms with Gasteiger partial charge in [-0.15, -0.1) is 0 Å². The summed E-state index contributed by atoms with van der Waals surface area (Å²) < 4.78 is 5.28. The maximum atomic E-state index is 5.28. The van der Waals surface area contributed by atoms with Gasteiger partial charge in [-0.2, -0.15) is 11.8 Å². The number of nitrogens with one attached hydrogen (secondary N) is 1. The molecule has 0 bridgehead atoms. The van der Waals surface area contributed by atoms with E-state index in [0.29, 0.717) is 12.1 Å². The van der Waals surface area contributed by atoms with Crippen LogP contribution in [-0.4, -0.2) is 36.8 Å². The minimum Gasteiger partial charge on any atom is -0.380 e. The van der Waals surface area contributed by atoms with Crippen molar-refractivity contribution in [1.82, 2.24) is 5.32 Å². The summed E-state index contributed by atoms with van der Waals surface area (Å²) in [6.45, 7) is 5.45. The summed E-state index contributed by atoms with van der Waals surface area (Å²) in [6.07, 6.45) is 4.51. The highest BCUT2D eigenvalue weighted by Crippen LogP contribution is 2.24. The second-order valence-electron chi connectivity index (χ2n) is 4.13. The van der Waals surface area contributed by atoms with Gasteiger partial charge >= 0.3 is 0 Å². The van der Waals surface area contributed by atoms with Crippen LogP contribution in [0.3, 0.4) is 0 Å². The van der Waals surface area contributed by atoms with Crippen LogP contribution in [0.25, 0.3) is 0 Å². The summed E-state index contributed by atoms with van der Waals surface area (Å²) in [5.74, 6) is 1.35. The van der Waals surface area contributed by atoms with Gasteiger partial charge in [-0.1, -0.05) is 6.42 Å². The van der Waals surface area contributed by atoms with E-state index in [4.69, 9.17) is 4.74 Å². The summed E-state index contributed by atoms with van der Waals surface area (Å²) in [6, 6.07) is 0.461. The molecule has 0 aromatic rings. The predicted octanol–water partition coefficient (Wildman–Crippen LogP) is 2.29. The molecule has 1 N–H and O–H groups in total. The molecular weight excluding hydrogens is 194 g/mol. The Hall–Kier alpha value is 0.270. The number of rotatable bonds is 5. The quantitative estimate of drug-likeness (QED) is 0.763. The van der Waals surface area contributed by atoms with E-state index in [9.17, 15) is 0 Å². The molecule has 84 valence electrons. The lowest BCUT2D eigenvalue weighted by Crippen LogP contribution is -2.40. The Bertz CT molecular complexity index is 146.